The normalized spacial score (nSPS) is 15.3. The minimum Gasteiger partial charge on any atom is -0.322 e. The van der Waals surface area contributed by atoms with Gasteiger partial charge in [0.1, 0.15) is 0 Å². The number of amides is 1. The van der Waals surface area contributed by atoms with Gasteiger partial charge in [-0.2, -0.15) is 0 Å². The summed E-state index contributed by atoms with van der Waals surface area (Å²) in [6.07, 6.45) is 14.6. The second-order valence-electron chi connectivity index (χ2n) is 9.28. The van der Waals surface area contributed by atoms with Crippen LogP contribution in [0.2, 0.25) is 0 Å². The van der Waals surface area contributed by atoms with Crippen LogP contribution < -0.4 is 5.32 Å². The van der Waals surface area contributed by atoms with Gasteiger partial charge in [-0.25, -0.2) is 4.85 Å². The molecule has 3 nitrogen and oxygen atoms in total. The maximum absolute atomic E-state index is 14.0. The molecule has 1 saturated carbocycles. The zero-order chi connectivity index (χ0) is 22.2. The van der Waals surface area contributed by atoms with Crippen molar-refractivity contribution in [1.29, 1.82) is 0 Å². The van der Waals surface area contributed by atoms with Crippen molar-refractivity contribution < 1.29 is 4.79 Å². The molecule has 1 aromatic rings. The zero-order valence-corrected chi connectivity index (χ0v) is 20.8. The molecule has 0 atom stereocenters. The number of anilines is 1. The van der Waals surface area contributed by atoms with Crippen molar-refractivity contribution in [3.63, 3.8) is 0 Å². The fourth-order valence-electron chi connectivity index (χ4n) is 5.22. The van der Waals surface area contributed by atoms with E-state index in [1.54, 1.807) is 0 Å². The quantitative estimate of drug-likeness (QED) is 0.264. The molecule has 0 saturated heterocycles. The van der Waals surface area contributed by atoms with E-state index >= 15 is 0 Å². The molecule has 1 fully saturated rings. The number of carbonyl (C=O) groups is 1. The molecule has 1 aromatic carbocycles. The number of hydrogen-bond donors (Lipinski definition) is 1. The number of carbonyl (C=O) groups excluding carboxylic acids is 1. The molecular formula is C26H42N2OP+. The van der Waals surface area contributed by atoms with Crippen LogP contribution in [0.5, 0.6) is 0 Å². The van der Waals surface area contributed by atoms with E-state index in [-0.39, 0.29) is 11.1 Å². The van der Waals surface area contributed by atoms with Gasteiger partial charge in [-0.1, -0.05) is 52.2 Å². The topological polar surface area (TPSA) is 33.5 Å². The number of rotatable bonds is 12. The summed E-state index contributed by atoms with van der Waals surface area (Å²) in [7, 11) is -1.38. The Bertz CT molecular complexity index is 716. The molecule has 0 heterocycles. The van der Waals surface area contributed by atoms with Crippen molar-refractivity contribution in [2.45, 2.75) is 97.6 Å². The summed E-state index contributed by atoms with van der Waals surface area (Å²) in [5.41, 5.74) is 3.59. The van der Waals surface area contributed by atoms with E-state index in [1.165, 1.54) is 63.4 Å². The lowest BCUT2D eigenvalue weighted by Crippen LogP contribution is -2.52. The Morgan fingerprint density at radius 1 is 1.00 bits per heavy atom. The van der Waals surface area contributed by atoms with Crippen LogP contribution in [0.15, 0.2) is 12.1 Å². The number of nitrogens with zero attached hydrogens (tertiary/aromatic N) is 1. The Morgan fingerprint density at radius 3 is 1.80 bits per heavy atom. The van der Waals surface area contributed by atoms with E-state index in [2.05, 4.69) is 30.9 Å². The van der Waals surface area contributed by atoms with Crippen LogP contribution in [0.4, 0.5) is 11.4 Å². The number of aryl methyl sites for hydroxylation is 2. The van der Waals surface area contributed by atoms with Crippen LogP contribution in [0.3, 0.4) is 0 Å². The first-order valence-electron chi connectivity index (χ1n) is 12.1. The minimum atomic E-state index is -1.38. The molecule has 1 N–H and O–H groups in total. The third-order valence-corrected chi connectivity index (χ3v) is 13.2. The molecule has 166 valence electrons. The van der Waals surface area contributed by atoms with Gasteiger partial charge < -0.3 is 5.32 Å². The summed E-state index contributed by atoms with van der Waals surface area (Å²) in [6, 6.07) is 3.80. The highest BCUT2D eigenvalue weighted by molar-refractivity contribution is 7.78. The maximum atomic E-state index is 14.0. The minimum absolute atomic E-state index is 0.121. The largest absolute Gasteiger partial charge is 0.322 e. The lowest BCUT2D eigenvalue weighted by Gasteiger charge is -2.49. The van der Waals surface area contributed by atoms with Crippen LogP contribution in [0, 0.1) is 20.4 Å². The fraction of sp³-hybridized carbons (Fsp3) is 0.692. The third kappa shape index (κ3) is 5.08. The van der Waals surface area contributed by atoms with Crippen molar-refractivity contribution in [2.75, 3.05) is 23.8 Å². The van der Waals surface area contributed by atoms with Crippen molar-refractivity contribution >= 4 is 24.5 Å². The molecule has 0 bridgehead atoms. The molecule has 0 radical (unpaired) electrons. The highest BCUT2D eigenvalue weighted by atomic mass is 31.2. The van der Waals surface area contributed by atoms with E-state index in [0.29, 0.717) is 5.69 Å². The number of unbranched alkanes of at least 4 members (excludes halogenated alkanes) is 3. The Morgan fingerprint density at radius 2 is 1.47 bits per heavy atom. The Labute approximate surface area is 185 Å². The predicted octanol–water partition coefficient (Wildman–Crippen LogP) is 8.13. The smallest absolute Gasteiger partial charge is 0.268 e. The van der Waals surface area contributed by atoms with Gasteiger partial charge >= 0.3 is 0 Å². The second-order valence-corrected chi connectivity index (χ2v) is 13.8. The SMILES string of the molecule is [C-]#[N+]c1cc(C)c(NC(=O)C2([P+](CCCC)(CCCC)CCCC)CCC2)c(C)c1. The van der Waals surface area contributed by atoms with Crippen molar-refractivity contribution in [3.05, 3.63) is 34.7 Å². The summed E-state index contributed by atoms with van der Waals surface area (Å²) in [5, 5.41) is 3.27. The lowest BCUT2D eigenvalue weighted by atomic mass is 9.83. The summed E-state index contributed by atoms with van der Waals surface area (Å²) in [4.78, 5) is 17.5. The molecule has 2 rings (SSSR count). The Hall–Kier alpha value is -1.39. The van der Waals surface area contributed by atoms with E-state index < -0.39 is 7.26 Å². The number of hydrogen-bond acceptors (Lipinski definition) is 1. The lowest BCUT2D eigenvalue weighted by molar-refractivity contribution is -0.120. The van der Waals surface area contributed by atoms with Gasteiger partial charge in [0, 0.05) is 12.9 Å². The molecule has 30 heavy (non-hydrogen) atoms. The summed E-state index contributed by atoms with van der Waals surface area (Å²) in [6.45, 7) is 18.2. The first-order valence-corrected chi connectivity index (χ1v) is 14.4. The van der Waals surface area contributed by atoms with Crippen LogP contribution in [-0.2, 0) is 4.79 Å². The molecule has 1 aliphatic rings. The van der Waals surface area contributed by atoms with E-state index in [1.807, 2.05) is 26.0 Å². The molecule has 0 spiro atoms. The molecule has 4 heteroatoms. The monoisotopic (exact) mass is 429 g/mol. The number of benzene rings is 1. The van der Waals surface area contributed by atoms with Gasteiger partial charge in [-0.15, -0.1) is 0 Å². The standard InChI is InChI=1S/C26H41N2OP/c1-7-10-16-30(17-11-8-2,18-12-9-3)26(14-13-15-26)25(29)28-24-21(4)19-23(27-6)20-22(24)5/h19-20H,7-18H2,1-5H3/p+1. The highest BCUT2D eigenvalue weighted by Crippen LogP contribution is 2.76. The zero-order valence-electron chi connectivity index (χ0n) is 19.9. The molecule has 1 amide bonds. The molecule has 0 unspecified atom stereocenters. The van der Waals surface area contributed by atoms with E-state index in [9.17, 15) is 4.79 Å². The van der Waals surface area contributed by atoms with Gasteiger partial charge in [0.2, 0.25) is 0 Å². The second kappa shape index (κ2) is 11.3. The third-order valence-electron chi connectivity index (χ3n) is 7.22. The van der Waals surface area contributed by atoms with Crippen LogP contribution in [-0.4, -0.2) is 29.5 Å². The van der Waals surface area contributed by atoms with Crippen molar-refractivity contribution in [3.8, 4) is 0 Å². The average molecular weight is 430 g/mol. The average Bonchev–Trinajstić information content (AvgIpc) is 2.70. The first kappa shape index (κ1) is 24.9. The van der Waals surface area contributed by atoms with Crippen LogP contribution in [0.25, 0.3) is 4.85 Å². The van der Waals surface area contributed by atoms with E-state index in [4.69, 9.17) is 6.57 Å². The van der Waals surface area contributed by atoms with Gasteiger partial charge in [-0.3, -0.25) is 4.79 Å². The van der Waals surface area contributed by atoms with E-state index in [0.717, 1.165) is 29.7 Å². The van der Waals surface area contributed by atoms with Gasteiger partial charge in [0.15, 0.2) is 10.8 Å². The summed E-state index contributed by atoms with van der Waals surface area (Å²) in [5.74, 6) is 0.284. The Balaban J connectivity index is 2.41. The Kier molecular flexibility index (Phi) is 9.36. The summed E-state index contributed by atoms with van der Waals surface area (Å²) < 4.78 is 0. The summed E-state index contributed by atoms with van der Waals surface area (Å²) >= 11 is 0. The molecular weight excluding hydrogens is 387 g/mol. The van der Waals surface area contributed by atoms with Crippen LogP contribution in [0.1, 0.15) is 89.7 Å². The maximum Gasteiger partial charge on any atom is 0.268 e. The molecule has 0 aromatic heterocycles. The van der Waals surface area contributed by atoms with Crippen molar-refractivity contribution in [2.24, 2.45) is 0 Å². The predicted molar refractivity (Wildman–Crippen MR) is 134 cm³/mol. The molecule has 0 aliphatic heterocycles. The van der Waals surface area contributed by atoms with Crippen LogP contribution >= 0.6 is 7.26 Å². The van der Waals surface area contributed by atoms with Gasteiger partial charge in [0.05, 0.1) is 25.1 Å². The number of nitrogens with one attached hydrogen (secondary N) is 1. The van der Waals surface area contributed by atoms with Gasteiger partial charge in [0.25, 0.3) is 5.91 Å². The highest BCUT2D eigenvalue weighted by Gasteiger charge is 2.64. The fourth-order valence-corrected chi connectivity index (χ4v) is 11.7. The first-order chi connectivity index (χ1) is 14.4. The van der Waals surface area contributed by atoms with Crippen molar-refractivity contribution in [1.82, 2.24) is 0 Å². The van der Waals surface area contributed by atoms with Gasteiger partial charge in [-0.05, 0) is 63.5 Å². The molecule has 1 aliphatic carbocycles.